The van der Waals surface area contributed by atoms with E-state index in [0.29, 0.717) is 28.9 Å². The van der Waals surface area contributed by atoms with Crippen molar-refractivity contribution < 1.29 is 99.8 Å². The van der Waals surface area contributed by atoms with E-state index in [1.54, 1.807) is 6.07 Å². The molecule has 0 aliphatic heterocycles. The number of unbranched alkanes of at least 4 members (excludes halogenated alkanes) is 1. The molecule has 0 bridgehead atoms. The van der Waals surface area contributed by atoms with Gasteiger partial charge in [0.25, 0.3) is 0 Å². The number of nitrogens with two attached hydrogens (primary N) is 2. The maximum Gasteiger partial charge on any atom is 0.430 e. The molecule has 26 heteroatoms. The Hall–Kier alpha value is -6.67. The van der Waals surface area contributed by atoms with Crippen LogP contribution in [0.5, 0.6) is 11.5 Å². The van der Waals surface area contributed by atoms with Crippen LogP contribution in [0.25, 0.3) is 33.1 Å². The lowest BCUT2D eigenvalue weighted by Crippen LogP contribution is -2.86. The number of hydrogen-bond acceptors (Lipinski definition) is 13. The van der Waals surface area contributed by atoms with Crippen LogP contribution in [0, 0.1) is 0 Å². The van der Waals surface area contributed by atoms with Gasteiger partial charge >= 0.3 is 18.5 Å². The first-order chi connectivity index (χ1) is 30.8. The van der Waals surface area contributed by atoms with E-state index in [-0.39, 0.29) is 5.76 Å². The molecule has 5 rings (SSSR count). The Morgan fingerprint density at radius 3 is 1.79 bits per heavy atom. The van der Waals surface area contributed by atoms with Gasteiger partial charge in [0.2, 0.25) is 11.2 Å². The molecule has 3 aromatic carbocycles. The Bertz CT molecular complexity index is 2330. The number of benzene rings is 3. The van der Waals surface area contributed by atoms with Crippen molar-refractivity contribution in [1.29, 1.82) is 0 Å². The van der Waals surface area contributed by atoms with E-state index in [0.717, 1.165) is 48.2 Å². The predicted molar refractivity (Wildman–Crippen MR) is 208 cm³/mol. The molecular formula is C40H46F9N7O10. The summed E-state index contributed by atoms with van der Waals surface area (Å²) in [5.41, 5.74) is 6.21. The standard InChI is InChI=1S/C34H43N7O4.3C2HF3O2/c1-40(2)28-10-7-24(8-11-28)34-33(43)32(42)30-20-25-9-12-29(19-26(25)21-31(30)45-34)44-23-27-22-41(39-38-27)18-6-17-37-15-4-3-14-36-16-5-13-35;3*3-2(4,5)1(6)7/h7-12,19-22,36-37,43H,3-6,13-18,23,35H2,1-2H3;3*(H,6,7). The number of aromatic hydroxyl groups is 1. The summed E-state index contributed by atoms with van der Waals surface area (Å²) in [7, 11) is 3.90. The first-order valence-electron chi connectivity index (χ1n) is 19.6. The maximum atomic E-state index is 13.1. The zero-order valence-electron chi connectivity index (χ0n) is 35.2. The number of anilines is 1. The molecule has 17 nitrogen and oxygen atoms in total. The van der Waals surface area contributed by atoms with E-state index in [1.807, 2.05) is 78.4 Å². The number of aromatic nitrogens is 3. The molecule has 0 saturated heterocycles. The van der Waals surface area contributed by atoms with Gasteiger partial charge in [-0.3, -0.25) is 9.48 Å². The van der Waals surface area contributed by atoms with Crippen molar-refractivity contribution in [3.8, 4) is 22.8 Å². The number of hydrogen-bond donors (Lipinski definition) is 4. The third kappa shape index (κ3) is 19.2. The Morgan fingerprint density at radius 1 is 0.773 bits per heavy atom. The summed E-state index contributed by atoms with van der Waals surface area (Å²) >= 11 is 0. The first kappa shape index (κ1) is 55.5. The molecule has 8 N–H and O–H groups in total. The molecule has 0 amide bonds. The lowest BCUT2D eigenvalue weighted by Gasteiger charge is -2.13. The molecule has 0 spiro atoms. The van der Waals surface area contributed by atoms with Crippen molar-refractivity contribution in [2.45, 2.75) is 57.4 Å². The molecule has 0 aliphatic rings. The molecule has 0 unspecified atom stereocenters. The number of carbonyl (C=O) groups excluding carboxylic acids is 3. The minimum absolute atomic E-state index is 0.149. The number of fused-ring (bicyclic) bond motifs is 2. The van der Waals surface area contributed by atoms with Gasteiger partial charge in [-0.05, 0) is 59.3 Å². The van der Waals surface area contributed by atoms with Gasteiger partial charge in [0.1, 0.15) is 41.5 Å². The van der Waals surface area contributed by atoms with Crippen molar-refractivity contribution in [3.63, 3.8) is 0 Å². The summed E-state index contributed by atoms with van der Waals surface area (Å²) in [4.78, 5) is 41.4. The summed E-state index contributed by atoms with van der Waals surface area (Å²) in [6, 6.07) is 16.7. The topological polar surface area (TPSA) is 275 Å². The van der Waals surface area contributed by atoms with Gasteiger partial charge in [-0.2, -0.15) is 39.5 Å². The average molecular weight is 956 g/mol. The molecule has 5 aromatic rings. The van der Waals surface area contributed by atoms with E-state index in [2.05, 4.69) is 26.7 Å². The van der Waals surface area contributed by atoms with Gasteiger partial charge < -0.3 is 65.2 Å². The molecule has 0 aliphatic carbocycles. The van der Waals surface area contributed by atoms with E-state index < -0.39 is 47.6 Å². The third-order valence-corrected chi connectivity index (χ3v) is 8.63. The zero-order chi connectivity index (χ0) is 49.8. The van der Waals surface area contributed by atoms with E-state index >= 15 is 0 Å². The number of carbonyl (C=O) groups is 3. The number of aliphatic carboxylic acids is 3. The largest absolute Gasteiger partial charge is 0.542 e. The molecule has 0 fully saturated rings. The second kappa shape index (κ2) is 25.7. The lowest BCUT2D eigenvalue weighted by atomic mass is 10.1. The van der Waals surface area contributed by atoms with Crippen LogP contribution in [0.3, 0.4) is 0 Å². The van der Waals surface area contributed by atoms with Gasteiger partial charge in [0.15, 0.2) is 5.76 Å². The summed E-state index contributed by atoms with van der Waals surface area (Å²) in [6.45, 7) is 6.81. The monoisotopic (exact) mass is 955 g/mol. The highest BCUT2D eigenvalue weighted by Crippen LogP contribution is 2.33. The Labute approximate surface area is 368 Å². The van der Waals surface area contributed by atoms with E-state index in [4.69, 9.17) is 38.9 Å². The average Bonchev–Trinajstić information content (AvgIpc) is 3.70. The highest BCUT2D eigenvalue weighted by molar-refractivity contribution is 5.97. The molecule has 66 heavy (non-hydrogen) atoms. The van der Waals surface area contributed by atoms with Gasteiger partial charge in [-0.15, -0.1) is 5.10 Å². The van der Waals surface area contributed by atoms with Crippen LogP contribution in [0.15, 0.2) is 70.0 Å². The summed E-state index contributed by atoms with van der Waals surface area (Å²) < 4.78 is 109. The van der Waals surface area contributed by atoms with Crippen LogP contribution in [0.2, 0.25) is 0 Å². The second-order valence-electron chi connectivity index (χ2n) is 14.0. The highest BCUT2D eigenvalue weighted by atomic mass is 19.4. The number of rotatable bonds is 17. The second-order valence-corrected chi connectivity index (χ2v) is 14.0. The minimum Gasteiger partial charge on any atom is -0.542 e. The molecule has 2 heterocycles. The van der Waals surface area contributed by atoms with Gasteiger partial charge in [0, 0.05) is 57.6 Å². The number of ether oxygens (including phenoxy) is 1. The maximum absolute atomic E-state index is 13.1. The normalized spacial score (nSPS) is 11.4. The van der Waals surface area contributed by atoms with Crippen molar-refractivity contribution in [2.75, 3.05) is 51.7 Å². The number of aryl methyl sites for hydroxylation is 1. The van der Waals surface area contributed by atoms with E-state index in [1.165, 1.54) is 38.9 Å². The van der Waals surface area contributed by atoms with Crippen molar-refractivity contribution in [1.82, 2.24) is 15.0 Å². The van der Waals surface area contributed by atoms with Crippen LogP contribution in [0.1, 0.15) is 31.4 Å². The molecule has 0 saturated carbocycles. The zero-order valence-corrected chi connectivity index (χ0v) is 35.2. The number of nitrogens with zero attached hydrogens (tertiary/aromatic N) is 4. The number of halogens is 9. The lowest BCUT2D eigenvalue weighted by molar-refractivity contribution is -0.666. The molecule has 0 atom stereocenters. The number of carboxylic acid groups (broad SMARTS) is 3. The summed E-state index contributed by atoms with van der Waals surface area (Å²) in [5.74, 6) is -8.60. The molecular weight excluding hydrogens is 909 g/mol. The summed E-state index contributed by atoms with van der Waals surface area (Å²) in [5, 5.41) is 52.4. The van der Waals surface area contributed by atoms with Crippen LogP contribution in [-0.4, -0.2) is 103 Å². The fourth-order valence-corrected chi connectivity index (χ4v) is 5.33. The quantitative estimate of drug-likeness (QED) is 0.0515. The Balaban J connectivity index is 0.000000589. The molecule has 2 aromatic heterocycles. The fourth-order valence-electron chi connectivity index (χ4n) is 5.33. The van der Waals surface area contributed by atoms with Crippen molar-refractivity contribution >= 4 is 45.3 Å². The van der Waals surface area contributed by atoms with Crippen LogP contribution in [0.4, 0.5) is 45.2 Å². The third-order valence-electron chi connectivity index (χ3n) is 8.63. The van der Waals surface area contributed by atoms with Gasteiger partial charge in [0.05, 0.1) is 44.3 Å². The SMILES string of the molecule is CN(C)c1ccc(-c2oc3cc4cc(OCc5cn(CCC[NH2+]CCCC[NH2+]CCC[NH3+])nn5)ccc4cc3c(=O)c2O)cc1.O=C([O-])C(F)(F)F.O=C([O-])C(F)(F)F.O=C([O-])C(F)(F)F. The van der Waals surface area contributed by atoms with Gasteiger partial charge in [-0.1, -0.05) is 11.3 Å². The molecule has 0 radical (unpaired) electrons. The Morgan fingerprint density at radius 2 is 1.29 bits per heavy atom. The summed E-state index contributed by atoms with van der Waals surface area (Å²) in [6.07, 6.45) is -8.89. The van der Waals surface area contributed by atoms with Gasteiger partial charge in [-0.25, -0.2) is 0 Å². The molecule has 364 valence electrons. The Kier molecular flexibility index (Phi) is 21.6. The number of alkyl halides is 9. The number of quaternary nitrogens is 3. The van der Waals surface area contributed by atoms with Crippen LogP contribution >= 0.6 is 0 Å². The minimum atomic E-state index is -5.19. The van der Waals surface area contributed by atoms with Crippen molar-refractivity contribution in [2.24, 2.45) is 0 Å². The van der Waals surface area contributed by atoms with Crippen LogP contribution in [-0.2, 0) is 27.5 Å². The van der Waals surface area contributed by atoms with E-state index in [9.17, 15) is 49.4 Å². The highest BCUT2D eigenvalue weighted by Gasteiger charge is 2.30. The predicted octanol–water partition coefficient (Wildman–Crippen LogP) is -0.620. The first-order valence-corrected chi connectivity index (χ1v) is 19.6. The van der Waals surface area contributed by atoms with Crippen LogP contribution < -0.4 is 46.8 Å². The van der Waals surface area contributed by atoms with Crippen molar-refractivity contribution in [3.05, 3.63) is 76.7 Å². The number of carboxylic acids is 3. The smallest absolute Gasteiger partial charge is 0.430 e. The fraction of sp³-hybridized carbons (Fsp3) is 0.400.